The standard InChI is InChI=1S/C24H36O5/c1-7-29-21(26)24(27)14-18(28-6)20(25)17(24)13-23(5)16(3)11-12-22(4)15(2)9-8-10-19(22)23/h14,16-17,19,27H,2,7-13H2,1,3-6H3. The monoisotopic (exact) mass is 404 g/mol. The van der Waals surface area contributed by atoms with Crippen LogP contribution in [-0.2, 0) is 19.1 Å². The molecule has 0 saturated heterocycles. The van der Waals surface area contributed by atoms with Gasteiger partial charge >= 0.3 is 5.97 Å². The fourth-order valence-electron chi connectivity index (χ4n) is 6.35. The molecule has 2 fully saturated rings. The van der Waals surface area contributed by atoms with Crippen LogP contribution in [0.5, 0.6) is 0 Å². The lowest BCUT2D eigenvalue weighted by Gasteiger charge is -2.59. The number of carbonyl (C=O) groups is 2. The van der Waals surface area contributed by atoms with Crippen LogP contribution in [0.4, 0.5) is 0 Å². The average Bonchev–Trinajstić information content (AvgIpc) is 2.92. The number of methoxy groups -OCH3 is 1. The fourth-order valence-corrected chi connectivity index (χ4v) is 6.35. The van der Waals surface area contributed by atoms with Crippen LogP contribution in [0.15, 0.2) is 24.0 Å². The van der Waals surface area contributed by atoms with Crippen molar-refractivity contribution >= 4 is 11.8 Å². The average molecular weight is 405 g/mol. The minimum Gasteiger partial charge on any atom is -0.493 e. The van der Waals surface area contributed by atoms with Gasteiger partial charge in [0.2, 0.25) is 5.78 Å². The van der Waals surface area contributed by atoms with Crippen LogP contribution >= 0.6 is 0 Å². The van der Waals surface area contributed by atoms with Crippen LogP contribution in [0.2, 0.25) is 0 Å². The summed E-state index contributed by atoms with van der Waals surface area (Å²) < 4.78 is 10.3. The summed E-state index contributed by atoms with van der Waals surface area (Å²) in [5.41, 5.74) is -0.823. The van der Waals surface area contributed by atoms with Gasteiger partial charge in [-0.2, -0.15) is 0 Å². The topological polar surface area (TPSA) is 72.8 Å². The summed E-state index contributed by atoms with van der Waals surface area (Å²) in [6, 6.07) is 0. The smallest absolute Gasteiger partial charge is 0.343 e. The summed E-state index contributed by atoms with van der Waals surface area (Å²) in [7, 11) is 1.39. The van der Waals surface area contributed by atoms with Gasteiger partial charge in [-0.25, -0.2) is 4.79 Å². The lowest BCUT2D eigenvalue weighted by molar-refractivity contribution is -0.169. The summed E-state index contributed by atoms with van der Waals surface area (Å²) in [6.45, 7) is 13.0. The first-order valence-corrected chi connectivity index (χ1v) is 10.9. The number of aliphatic hydroxyl groups is 1. The molecule has 3 aliphatic carbocycles. The lowest BCUT2D eigenvalue weighted by Crippen LogP contribution is -2.54. The Bertz CT molecular complexity index is 740. The quantitative estimate of drug-likeness (QED) is 0.549. The Balaban J connectivity index is 1.99. The molecule has 29 heavy (non-hydrogen) atoms. The molecule has 2 saturated carbocycles. The molecule has 0 aromatic rings. The minimum atomic E-state index is -1.97. The predicted molar refractivity (Wildman–Crippen MR) is 111 cm³/mol. The first-order valence-electron chi connectivity index (χ1n) is 10.9. The molecular weight excluding hydrogens is 368 g/mol. The van der Waals surface area contributed by atoms with Crippen LogP contribution < -0.4 is 0 Å². The highest BCUT2D eigenvalue weighted by atomic mass is 16.5. The van der Waals surface area contributed by atoms with E-state index in [-0.39, 0.29) is 29.0 Å². The Hall–Kier alpha value is -1.62. The Morgan fingerprint density at radius 2 is 2.03 bits per heavy atom. The van der Waals surface area contributed by atoms with Crippen molar-refractivity contribution in [1.29, 1.82) is 0 Å². The maximum absolute atomic E-state index is 13.1. The van der Waals surface area contributed by atoms with Gasteiger partial charge in [-0.05, 0) is 68.1 Å². The zero-order chi connectivity index (χ0) is 21.6. The summed E-state index contributed by atoms with van der Waals surface area (Å²) in [6.07, 6.45) is 7.08. The molecule has 3 rings (SSSR count). The van der Waals surface area contributed by atoms with E-state index in [0.29, 0.717) is 18.3 Å². The third-order valence-electron chi connectivity index (χ3n) is 8.47. The van der Waals surface area contributed by atoms with Gasteiger partial charge in [0, 0.05) is 6.08 Å². The molecule has 0 aromatic carbocycles. The molecule has 5 nitrogen and oxygen atoms in total. The number of allylic oxidation sites excluding steroid dienone is 2. The molecule has 162 valence electrons. The van der Waals surface area contributed by atoms with E-state index in [1.54, 1.807) is 6.92 Å². The van der Waals surface area contributed by atoms with E-state index < -0.39 is 17.5 Å². The Labute approximate surface area is 174 Å². The van der Waals surface area contributed by atoms with Gasteiger partial charge in [0.1, 0.15) is 0 Å². The number of hydrogen-bond acceptors (Lipinski definition) is 5. The molecule has 0 radical (unpaired) electrons. The summed E-state index contributed by atoms with van der Waals surface area (Å²) in [5, 5.41) is 11.3. The Morgan fingerprint density at radius 1 is 1.34 bits per heavy atom. The predicted octanol–water partition coefficient (Wildman–Crippen LogP) is 4.20. The normalized spacial score (nSPS) is 42.3. The molecular formula is C24H36O5. The number of rotatable bonds is 5. The van der Waals surface area contributed by atoms with E-state index >= 15 is 0 Å². The first-order chi connectivity index (χ1) is 13.5. The SMILES string of the molecule is C=C1CCCC2C1(C)CCC(C)C2(C)CC1C(=O)C(OC)=CC1(O)C(=O)OCC. The van der Waals surface area contributed by atoms with E-state index in [0.717, 1.165) is 32.1 Å². The fraction of sp³-hybridized carbons (Fsp3) is 0.750. The third kappa shape index (κ3) is 3.26. The highest BCUT2D eigenvalue weighted by Crippen LogP contribution is 2.63. The van der Waals surface area contributed by atoms with E-state index in [1.165, 1.54) is 18.8 Å². The molecule has 1 N–H and O–H groups in total. The second-order valence-electron chi connectivity index (χ2n) is 9.79. The zero-order valence-corrected chi connectivity index (χ0v) is 18.5. The van der Waals surface area contributed by atoms with Gasteiger partial charge in [-0.3, -0.25) is 4.79 Å². The number of esters is 1. The molecule has 6 atom stereocenters. The molecule has 0 heterocycles. The second kappa shape index (κ2) is 7.57. The van der Waals surface area contributed by atoms with Crippen molar-refractivity contribution in [3.63, 3.8) is 0 Å². The highest BCUT2D eigenvalue weighted by Gasteiger charge is 2.60. The molecule has 3 aliphatic rings. The zero-order valence-electron chi connectivity index (χ0n) is 18.5. The van der Waals surface area contributed by atoms with Gasteiger partial charge in [-0.1, -0.05) is 32.9 Å². The van der Waals surface area contributed by atoms with Crippen LogP contribution in [0.1, 0.15) is 66.2 Å². The van der Waals surface area contributed by atoms with Crippen molar-refractivity contribution in [2.45, 2.75) is 71.8 Å². The second-order valence-corrected chi connectivity index (χ2v) is 9.79. The minimum absolute atomic E-state index is 0.0424. The maximum Gasteiger partial charge on any atom is 0.343 e. The van der Waals surface area contributed by atoms with E-state index in [1.807, 2.05) is 0 Å². The Kier molecular flexibility index (Phi) is 5.76. The number of ether oxygens (including phenoxy) is 2. The maximum atomic E-state index is 13.1. The van der Waals surface area contributed by atoms with Crippen molar-refractivity contribution in [1.82, 2.24) is 0 Å². The van der Waals surface area contributed by atoms with E-state index in [4.69, 9.17) is 9.47 Å². The van der Waals surface area contributed by atoms with Gasteiger partial charge < -0.3 is 14.6 Å². The Morgan fingerprint density at radius 3 is 2.66 bits per heavy atom. The molecule has 0 aliphatic heterocycles. The molecule has 0 amide bonds. The number of Topliss-reactive ketones (excluding diaryl/α,β-unsaturated/α-hetero) is 1. The number of carbonyl (C=O) groups excluding carboxylic acids is 2. The number of hydrogen-bond donors (Lipinski definition) is 1. The van der Waals surface area contributed by atoms with Crippen LogP contribution in [-0.4, -0.2) is 36.2 Å². The summed E-state index contributed by atoms with van der Waals surface area (Å²) in [5.74, 6) is -1.18. The third-order valence-corrected chi connectivity index (χ3v) is 8.47. The lowest BCUT2D eigenvalue weighted by atomic mass is 9.45. The van der Waals surface area contributed by atoms with Crippen molar-refractivity contribution in [2.75, 3.05) is 13.7 Å². The largest absolute Gasteiger partial charge is 0.493 e. The van der Waals surface area contributed by atoms with Gasteiger partial charge in [0.15, 0.2) is 11.4 Å². The molecule has 0 spiro atoms. The molecule has 5 heteroatoms. The van der Waals surface area contributed by atoms with E-state index in [2.05, 4.69) is 27.4 Å². The van der Waals surface area contributed by atoms with Crippen LogP contribution in [0, 0.1) is 28.6 Å². The van der Waals surface area contributed by atoms with Crippen LogP contribution in [0.3, 0.4) is 0 Å². The van der Waals surface area contributed by atoms with Crippen molar-refractivity contribution < 1.29 is 24.2 Å². The number of ketones is 1. The van der Waals surface area contributed by atoms with Gasteiger partial charge in [-0.15, -0.1) is 0 Å². The first kappa shape index (κ1) is 22.1. The van der Waals surface area contributed by atoms with Gasteiger partial charge in [0.05, 0.1) is 19.6 Å². The van der Waals surface area contributed by atoms with Crippen molar-refractivity contribution in [2.24, 2.45) is 28.6 Å². The van der Waals surface area contributed by atoms with E-state index in [9.17, 15) is 14.7 Å². The summed E-state index contributed by atoms with van der Waals surface area (Å²) in [4.78, 5) is 25.8. The molecule has 0 aromatic heterocycles. The molecule has 6 unspecified atom stereocenters. The van der Waals surface area contributed by atoms with Crippen molar-refractivity contribution in [3.8, 4) is 0 Å². The van der Waals surface area contributed by atoms with Gasteiger partial charge in [0.25, 0.3) is 0 Å². The summed E-state index contributed by atoms with van der Waals surface area (Å²) >= 11 is 0. The van der Waals surface area contributed by atoms with Crippen molar-refractivity contribution in [3.05, 3.63) is 24.0 Å². The highest BCUT2D eigenvalue weighted by molar-refractivity contribution is 6.05. The molecule has 0 bridgehead atoms. The van der Waals surface area contributed by atoms with Crippen LogP contribution in [0.25, 0.3) is 0 Å². The number of fused-ring (bicyclic) bond motifs is 1.